The Kier molecular flexibility index (Phi) is 4.79. The minimum atomic E-state index is 0.352. The van der Waals surface area contributed by atoms with E-state index in [0.29, 0.717) is 24.1 Å². The van der Waals surface area contributed by atoms with E-state index >= 15 is 0 Å². The van der Waals surface area contributed by atoms with Crippen LogP contribution >= 0.6 is 15.9 Å². The van der Waals surface area contributed by atoms with Crippen molar-refractivity contribution in [3.8, 4) is 22.8 Å². The van der Waals surface area contributed by atoms with Crippen LogP contribution in [0.15, 0.2) is 53.0 Å². The summed E-state index contributed by atoms with van der Waals surface area (Å²) in [6, 6.07) is 16.0. The lowest BCUT2D eigenvalue weighted by molar-refractivity contribution is 0.177. The Labute approximate surface area is 143 Å². The molecule has 1 heterocycles. The summed E-state index contributed by atoms with van der Waals surface area (Å²) in [6.45, 7) is 2.41. The number of rotatable bonds is 4. The van der Waals surface area contributed by atoms with Crippen LogP contribution < -0.4 is 0 Å². The van der Waals surface area contributed by atoms with Crippen LogP contribution in [0.25, 0.3) is 22.8 Å². The van der Waals surface area contributed by atoms with E-state index in [0.717, 1.165) is 15.6 Å². The fourth-order valence-corrected chi connectivity index (χ4v) is 2.44. The summed E-state index contributed by atoms with van der Waals surface area (Å²) in [5.41, 5.74) is 3.11. The molecule has 0 aliphatic carbocycles. The molecule has 2 aromatic carbocycles. The number of aryl methyl sites for hydroxylation is 1. The summed E-state index contributed by atoms with van der Waals surface area (Å²) in [4.78, 5) is 13.6. The van der Waals surface area contributed by atoms with Crippen LogP contribution in [0, 0.1) is 6.92 Å². The topological polar surface area (TPSA) is 47.9 Å². The maximum absolute atomic E-state index is 5.19. The van der Waals surface area contributed by atoms with Gasteiger partial charge in [-0.2, -0.15) is 0 Å². The molecule has 4 nitrogen and oxygen atoms in total. The molecular formula is C18H16BrN3O. The van der Waals surface area contributed by atoms with Crippen LogP contribution in [0.1, 0.15) is 11.4 Å². The van der Waals surface area contributed by atoms with Gasteiger partial charge in [0.1, 0.15) is 6.61 Å². The maximum Gasteiger partial charge on any atom is 0.163 e. The van der Waals surface area contributed by atoms with Crippen LogP contribution in [0.5, 0.6) is 0 Å². The monoisotopic (exact) mass is 369 g/mol. The fraction of sp³-hybridized carbons (Fsp3) is 0.167. The molecule has 0 radical (unpaired) electrons. The maximum atomic E-state index is 5.19. The van der Waals surface area contributed by atoms with E-state index in [1.807, 2.05) is 36.4 Å². The Bertz CT molecular complexity index is 738. The lowest BCUT2D eigenvalue weighted by atomic mass is 10.1. The number of nitrogens with zero attached hydrogens (tertiary/aromatic N) is 3. The Morgan fingerprint density at radius 3 is 1.87 bits per heavy atom. The van der Waals surface area contributed by atoms with E-state index < -0.39 is 0 Å². The van der Waals surface area contributed by atoms with Gasteiger partial charge in [0.05, 0.1) is 0 Å². The van der Waals surface area contributed by atoms with Crippen molar-refractivity contribution in [2.24, 2.45) is 0 Å². The number of methoxy groups -OCH3 is 1. The molecule has 0 aliphatic heterocycles. The third kappa shape index (κ3) is 3.81. The van der Waals surface area contributed by atoms with Gasteiger partial charge in [0.2, 0.25) is 0 Å². The van der Waals surface area contributed by atoms with Crippen LogP contribution in [-0.2, 0) is 11.3 Å². The summed E-state index contributed by atoms with van der Waals surface area (Å²) in [5, 5.41) is 0. The van der Waals surface area contributed by atoms with Gasteiger partial charge in [0.15, 0.2) is 17.5 Å². The number of ether oxygens (including phenoxy) is 1. The Morgan fingerprint density at radius 2 is 1.35 bits per heavy atom. The predicted octanol–water partition coefficient (Wildman–Crippen LogP) is 4.42. The lowest BCUT2D eigenvalue weighted by Crippen LogP contribution is -2.04. The quantitative estimate of drug-likeness (QED) is 0.682. The van der Waals surface area contributed by atoms with E-state index in [1.165, 1.54) is 5.56 Å². The highest BCUT2D eigenvalue weighted by atomic mass is 79.9. The molecule has 0 saturated heterocycles. The summed E-state index contributed by atoms with van der Waals surface area (Å²) in [6.07, 6.45) is 0. The van der Waals surface area contributed by atoms with E-state index in [2.05, 4.69) is 49.9 Å². The second kappa shape index (κ2) is 6.98. The molecule has 0 aliphatic rings. The number of aromatic nitrogens is 3. The van der Waals surface area contributed by atoms with E-state index in [-0.39, 0.29) is 0 Å². The zero-order chi connectivity index (χ0) is 16.2. The second-order valence-corrected chi connectivity index (χ2v) is 6.12. The molecular weight excluding hydrogens is 354 g/mol. The van der Waals surface area contributed by atoms with Gasteiger partial charge < -0.3 is 4.74 Å². The van der Waals surface area contributed by atoms with Crippen molar-refractivity contribution in [2.75, 3.05) is 7.11 Å². The van der Waals surface area contributed by atoms with Gasteiger partial charge in [-0.1, -0.05) is 57.9 Å². The molecule has 5 heteroatoms. The largest absolute Gasteiger partial charge is 0.377 e. The van der Waals surface area contributed by atoms with Gasteiger partial charge >= 0.3 is 0 Å². The highest BCUT2D eigenvalue weighted by molar-refractivity contribution is 9.10. The molecule has 0 spiro atoms. The van der Waals surface area contributed by atoms with Gasteiger partial charge in [-0.3, -0.25) is 0 Å². The van der Waals surface area contributed by atoms with Crippen molar-refractivity contribution in [3.05, 3.63) is 64.4 Å². The average Bonchev–Trinajstić information content (AvgIpc) is 2.56. The zero-order valence-corrected chi connectivity index (χ0v) is 14.5. The van der Waals surface area contributed by atoms with Gasteiger partial charge in [-0.15, -0.1) is 0 Å². The van der Waals surface area contributed by atoms with Crippen molar-refractivity contribution in [2.45, 2.75) is 13.5 Å². The lowest BCUT2D eigenvalue weighted by Gasteiger charge is -2.08. The first-order valence-electron chi connectivity index (χ1n) is 7.22. The van der Waals surface area contributed by atoms with E-state index in [4.69, 9.17) is 4.74 Å². The number of halogens is 1. The highest BCUT2D eigenvalue weighted by Gasteiger charge is 2.10. The molecule has 3 aromatic rings. The Hall–Kier alpha value is -2.11. The molecule has 3 rings (SSSR count). The van der Waals surface area contributed by atoms with Crippen molar-refractivity contribution in [1.82, 2.24) is 15.0 Å². The first kappa shape index (κ1) is 15.8. The Morgan fingerprint density at radius 1 is 0.826 bits per heavy atom. The van der Waals surface area contributed by atoms with E-state index in [9.17, 15) is 0 Å². The molecule has 0 saturated carbocycles. The molecule has 0 amide bonds. The van der Waals surface area contributed by atoms with Crippen LogP contribution in [-0.4, -0.2) is 22.1 Å². The number of benzene rings is 2. The first-order chi connectivity index (χ1) is 11.2. The van der Waals surface area contributed by atoms with Crippen molar-refractivity contribution in [3.63, 3.8) is 0 Å². The third-order valence-corrected chi connectivity index (χ3v) is 3.90. The van der Waals surface area contributed by atoms with Gasteiger partial charge in [-0.25, -0.2) is 15.0 Å². The summed E-state index contributed by atoms with van der Waals surface area (Å²) < 4.78 is 6.21. The van der Waals surface area contributed by atoms with Gasteiger partial charge in [0, 0.05) is 22.7 Å². The standard InChI is InChI=1S/C18H16BrN3O/c1-12-3-5-13(6-4-12)17-20-16(11-23-2)21-18(22-17)14-7-9-15(19)10-8-14/h3-10H,11H2,1-2H3. The minimum Gasteiger partial charge on any atom is -0.377 e. The second-order valence-electron chi connectivity index (χ2n) is 5.20. The van der Waals surface area contributed by atoms with Gasteiger partial charge in [0.25, 0.3) is 0 Å². The molecule has 0 bridgehead atoms. The molecule has 0 atom stereocenters. The van der Waals surface area contributed by atoms with Gasteiger partial charge in [-0.05, 0) is 19.1 Å². The van der Waals surface area contributed by atoms with Crippen LogP contribution in [0.2, 0.25) is 0 Å². The summed E-state index contributed by atoms with van der Waals surface area (Å²) in [5.74, 6) is 1.93. The minimum absolute atomic E-state index is 0.352. The normalized spacial score (nSPS) is 10.7. The summed E-state index contributed by atoms with van der Waals surface area (Å²) in [7, 11) is 1.63. The highest BCUT2D eigenvalue weighted by Crippen LogP contribution is 2.22. The van der Waals surface area contributed by atoms with Crippen LogP contribution in [0.3, 0.4) is 0 Å². The zero-order valence-electron chi connectivity index (χ0n) is 13.0. The molecule has 0 N–H and O–H groups in total. The van der Waals surface area contributed by atoms with Crippen molar-refractivity contribution < 1.29 is 4.74 Å². The first-order valence-corrected chi connectivity index (χ1v) is 8.02. The third-order valence-electron chi connectivity index (χ3n) is 3.37. The molecule has 0 unspecified atom stereocenters. The van der Waals surface area contributed by atoms with Crippen LogP contribution in [0.4, 0.5) is 0 Å². The van der Waals surface area contributed by atoms with E-state index in [1.54, 1.807) is 7.11 Å². The fourth-order valence-electron chi connectivity index (χ4n) is 2.17. The molecule has 0 fully saturated rings. The molecule has 1 aromatic heterocycles. The number of hydrogen-bond donors (Lipinski definition) is 0. The smallest absolute Gasteiger partial charge is 0.163 e. The van der Waals surface area contributed by atoms with Crippen molar-refractivity contribution in [1.29, 1.82) is 0 Å². The average molecular weight is 370 g/mol. The Balaban J connectivity index is 2.09. The predicted molar refractivity (Wildman–Crippen MR) is 93.8 cm³/mol. The summed E-state index contributed by atoms with van der Waals surface area (Å²) >= 11 is 3.44. The SMILES string of the molecule is COCc1nc(-c2ccc(C)cc2)nc(-c2ccc(Br)cc2)n1. The van der Waals surface area contributed by atoms with Crippen molar-refractivity contribution >= 4 is 15.9 Å². The number of hydrogen-bond acceptors (Lipinski definition) is 4. The molecule has 116 valence electrons. The molecule has 23 heavy (non-hydrogen) atoms.